The quantitative estimate of drug-likeness (QED) is 0.649. The normalized spacial score (nSPS) is 29.3. The van der Waals surface area contributed by atoms with Crippen LogP contribution < -0.4 is 11.0 Å². The van der Waals surface area contributed by atoms with Crippen LogP contribution in [0.2, 0.25) is 0 Å². The van der Waals surface area contributed by atoms with Gasteiger partial charge in [0.15, 0.2) is 0 Å². The third-order valence-electron chi connectivity index (χ3n) is 7.68. The van der Waals surface area contributed by atoms with E-state index in [4.69, 9.17) is 9.47 Å². The first-order chi connectivity index (χ1) is 16.7. The highest BCUT2D eigenvalue weighted by Gasteiger charge is 2.44. The van der Waals surface area contributed by atoms with E-state index in [0.29, 0.717) is 12.6 Å². The number of thiophene rings is 1. The lowest BCUT2D eigenvalue weighted by atomic mass is 9.79. The van der Waals surface area contributed by atoms with Crippen LogP contribution in [0.5, 0.6) is 0 Å². The maximum atomic E-state index is 12.4. The van der Waals surface area contributed by atoms with E-state index in [1.54, 1.807) is 4.88 Å². The van der Waals surface area contributed by atoms with Gasteiger partial charge in [-0.25, -0.2) is 4.79 Å². The van der Waals surface area contributed by atoms with Crippen molar-refractivity contribution in [1.29, 1.82) is 0 Å². The first-order valence-corrected chi connectivity index (χ1v) is 14.0. The number of amides is 1. The van der Waals surface area contributed by atoms with Gasteiger partial charge in [-0.1, -0.05) is 6.92 Å². The minimum Gasteiger partial charge on any atom is -0.444 e. The van der Waals surface area contributed by atoms with Crippen molar-refractivity contribution < 1.29 is 14.3 Å². The van der Waals surface area contributed by atoms with Crippen molar-refractivity contribution in [3.63, 3.8) is 0 Å². The van der Waals surface area contributed by atoms with Gasteiger partial charge in [0.1, 0.15) is 5.60 Å². The molecule has 5 rings (SSSR count). The molecule has 1 amide bonds. The summed E-state index contributed by atoms with van der Waals surface area (Å²) in [6, 6.07) is 3.09. The number of piperidine rings is 1. The highest BCUT2D eigenvalue weighted by Crippen LogP contribution is 2.46. The van der Waals surface area contributed by atoms with Crippen LogP contribution in [0.15, 0.2) is 18.0 Å². The molecule has 9 heteroatoms. The molecule has 1 aromatic rings. The van der Waals surface area contributed by atoms with Gasteiger partial charge in [0, 0.05) is 54.6 Å². The largest absolute Gasteiger partial charge is 0.444 e. The molecule has 0 radical (unpaired) electrons. The molecule has 0 unspecified atom stereocenters. The van der Waals surface area contributed by atoms with Gasteiger partial charge in [0.05, 0.1) is 23.9 Å². The Kier molecular flexibility index (Phi) is 6.80. The fourth-order valence-electron chi connectivity index (χ4n) is 5.84. The molecule has 1 spiro atoms. The van der Waals surface area contributed by atoms with Gasteiger partial charge in [-0.15, -0.1) is 16.9 Å². The third-order valence-corrected chi connectivity index (χ3v) is 9.02. The minimum atomic E-state index is -0.467. The molecule has 0 saturated carbocycles. The summed E-state index contributed by atoms with van der Waals surface area (Å²) in [5.41, 5.74) is 8.73. The highest BCUT2D eigenvalue weighted by molar-refractivity contribution is 7.12. The Balaban J connectivity index is 1.17. The number of carbonyl (C=O) groups is 1. The first kappa shape index (κ1) is 24.9. The first-order valence-electron chi connectivity index (χ1n) is 13.1. The number of nitrogens with one attached hydrogen (secondary N) is 2. The van der Waals surface area contributed by atoms with Crippen molar-refractivity contribution in [2.45, 2.75) is 90.0 Å². The van der Waals surface area contributed by atoms with Crippen molar-refractivity contribution in [2.24, 2.45) is 0 Å². The van der Waals surface area contributed by atoms with Gasteiger partial charge < -0.3 is 19.8 Å². The summed E-state index contributed by atoms with van der Waals surface area (Å²) in [5.74, 6) is 0. The molecule has 194 valence electrons. The lowest BCUT2D eigenvalue weighted by Crippen LogP contribution is -2.51. The Bertz CT molecular complexity index is 973. The van der Waals surface area contributed by atoms with Crippen LogP contribution in [-0.4, -0.2) is 71.4 Å². The van der Waals surface area contributed by atoms with Crippen LogP contribution in [0, 0.1) is 0 Å². The van der Waals surface area contributed by atoms with Crippen molar-refractivity contribution in [3.05, 3.63) is 33.3 Å². The molecule has 3 atom stereocenters. The third kappa shape index (κ3) is 5.19. The Morgan fingerprint density at radius 3 is 2.91 bits per heavy atom. The standard InChI is InChI=1S/C26H41N5O3S/c1-6-21-13-22-23(35-21)8-12-33-26(22)9-11-29(18(2)14-26)15-19-16-31(28-27-19)20-7-10-30(17-20)24(32)34-25(3,4)5/h13,16,18,20,27-28H,6-12,14-15,17H2,1-5H3/t18-,20-,26+/m0/s1. The van der Waals surface area contributed by atoms with Crippen LogP contribution >= 0.6 is 11.3 Å². The summed E-state index contributed by atoms with van der Waals surface area (Å²) in [4.78, 5) is 19.8. The van der Waals surface area contributed by atoms with Gasteiger partial charge in [0.2, 0.25) is 0 Å². The molecular weight excluding hydrogens is 462 g/mol. The van der Waals surface area contributed by atoms with Crippen LogP contribution in [0.25, 0.3) is 0 Å². The number of aryl methyl sites for hydroxylation is 1. The summed E-state index contributed by atoms with van der Waals surface area (Å²) in [5, 5.41) is 2.12. The lowest BCUT2D eigenvalue weighted by molar-refractivity contribution is -0.109. The van der Waals surface area contributed by atoms with E-state index in [0.717, 1.165) is 64.0 Å². The van der Waals surface area contributed by atoms with E-state index in [2.05, 4.69) is 47.0 Å². The van der Waals surface area contributed by atoms with E-state index in [1.807, 2.05) is 37.0 Å². The van der Waals surface area contributed by atoms with Crippen molar-refractivity contribution in [2.75, 3.05) is 32.8 Å². The molecule has 2 saturated heterocycles. The van der Waals surface area contributed by atoms with E-state index >= 15 is 0 Å². The molecule has 0 bridgehead atoms. The Hall–Kier alpha value is -1.81. The number of carbonyl (C=O) groups excluding carboxylic acids is 1. The van der Waals surface area contributed by atoms with E-state index in [9.17, 15) is 4.79 Å². The number of likely N-dealkylation sites (tertiary alicyclic amines) is 2. The van der Waals surface area contributed by atoms with Crippen molar-refractivity contribution in [1.82, 2.24) is 25.8 Å². The number of fused-ring (bicyclic) bond motifs is 2. The van der Waals surface area contributed by atoms with Gasteiger partial charge in [0.25, 0.3) is 0 Å². The second-order valence-electron chi connectivity index (χ2n) is 11.4. The fourth-order valence-corrected chi connectivity index (χ4v) is 7.01. The van der Waals surface area contributed by atoms with Crippen LogP contribution in [-0.2, 0) is 27.9 Å². The maximum absolute atomic E-state index is 12.4. The molecule has 2 fully saturated rings. The molecule has 2 N–H and O–H groups in total. The van der Waals surface area contributed by atoms with Crippen molar-refractivity contribution >= 4 is 17.4 Å². The number of nitrogens with zero attached hydrogens (tertiary/aromatic N) is 3. The predicted molar refractivity (Wildman–Crippen MR) is 138 cm³/mol. The zero-order chi connectivity index (χ0) is 24.8. The van der Waals surface area contributed by atoms with Crippen LogP contribution in [0.3, 0.4) is 0 Å². The minimum absolute atomic E-state index is 0.107. The zero-order valence-corrected chi connectivity index (χ0v) is 22.7. The maximum Gasteiger partial charge on any atom is 0.410 e. The second-order valence-corrected chi connectivity index (χ2v) is 12.7. The van der Waals surface area contributed by atoms with Gasteiger partial charge in [-0.2, -0.15) is 0 Å². The average molecular weight is 504 g/mol. The zero-order valence-electron chi connectivity index (χ0n) is 21.9. The molecule has 35 heavy (non-hydrogen) atoms. The molecule has 1 aromatic heterocycles. The van der Waals surface area contributed by atoms with E-state index < -0.39 is 5.60 Å². The van der Waals surface area contributed by atoms with E-state index in [-0.39, 0.29) is 17.7 Å². The van der Waals surface area contributed by atoms with Gasteiger partial charge in [-0.3, -0.25) is 9.91 Å². The number of hydrogen-bond acceptors (Lipinski definition) is 8. The summed E-state index contributed by atoms with van der Waals surface area (Å²) in [6.07, 6.45) is 7.11. The van der Waals surface area contributed by atoms with Crippen LogP contribution in [0.1, 0.15) is 69.2 Å². The SMILES string of the molecule is CCc1cc2c(s1)CCO[C@@]21CCN(CC2=CN([C@H]3CCN(C(=O)OC(C)(C)C)C3)NN2)[C@@H](C)C1. The molecular formula is C26H41N5O3S. The molecule has 5 heterocycles. The molecule has 4 aliphatic heterocycles. The van der Waals surface area contributed by atoms with E-state index in [1.165, 1.54) is 10.4 Å². The number of hydrazine groups is 2. The van der Waals surface area contributed by atoms with Crippen molar-refractivity contribution in [3.8, 4) is 0 Å². The topological polar surface area (TPSA) is 69.3 Å². The summed E-state index contributed by atoms with van der Waals surface area (Å²) < 4.78 is 12.1. The number of hydrogen-bond donors (Lipinski definition) is 2. The van der Waals surface area contributed by atoms with Crippen LogP contribution in [0.4, 0.5) is 4.79 Å². The van der Waals surface area contributed by atoms with Gasteiger partial charge in [-0.05, 0) is 65.0 Å². The molecule has 0 aromatic carbocycles. The summed E-state index contributed by atoms with van der Waals surface area (Å²) in [7, 11) is 0. The molecule has 8 nitrogen and oxygen atoms in total. The Morgan fingerprint density at radius 2 is 2.17 bits per heavy atom. The predicted octanol–water partition coefficient (Wildman–Crippen LogP) is 3.74. The summed E-state index contributed by atoms with van der Waals surface area (Å²) >= 11 is 1.99. The molecule has 0 aliphatic carbocycles. The Labute approximate surface area is 213 Å². The highest BCUT2D eigenvalue weighted by atomic mass is 32.1. The monoisotopic (exact) mass is 503 g/mol. The number of rotatable bonds is 4. The lowest BCUT2D eigenvalue weighted by Gasteiger charge is -2.47. The average Bonchev–Trinajstić information content (AvgIpc) is 3.54. The van der Waals surface area contributed by atoms with Gasteiger partial charge >= 0.3 is 6.09 Å². The Morgan fingerprint density at radius 1 is 1.34 bits per heavy atom. The number of ether oxygens (including phenoxy) is 2. The molecule has 4 aliphatic rings. The second kappa shape index (κ2) is 9.57. The smallest absolute Gasteiger partial charge is 0.410 e. The fraction of sp³-hybridized carbons (Fsp3) is 0.731. The summed E-state index contributed by atoms with van der Waals surface area (Å²) in [6.45, 7) is 14.4.